The van der Waals surface area contributed by atoms with E-state index in [9.17, 15) is 4.79 Å². The largest absolute Gasteiger partial charge is 0.493 e. The zero-order valence-electron chi connectivity index (χ0n) is 20.9. The summed E-state index contributed by atoms with van der Waals surface area (Å²) >= 11 is 0. The van der Waals surface area contributed by atoms with Crippen molar-refractivity contribution in [2.45, 2.75) is 25.8 Å². The molecule has 35 heavy (non-hydrogen) atoms. The third kappa shape index (κ3) is 5.14. The molecule has 0 aliphatic carbocycles. The molecule has 0 saturated carbocycles. The van der Waals surface area contributed by atoms with E-state index in [0.717, 1.165) is 34.4 Å². The molecule has 1 atom stereocenters. The van der Waals surface area contributed by atoms with Crippen LogP contribution in [-0.4, -0.2) is 45.9 Å². The quantitative estimate of drug-likeness (QED) is 0.494. The van der Waals surface area contributed by atoms with Crippen LogP contribution in [0.1, 0.15) is 28.3 Å². The lowest BCUT2D eigenvalue weighted by Crippen LogP contribution is -2.43. The molecule has 2 amide bonds. The van der Waals surface area contributed by atoms with Gasteiger partial charge in [-0.15, -0.1) is 0 Å². The Labute approximate surface area is 206 Å². The smallest absolute Gasteiger partial charge is 0.322 e. The fourth-order valence-electron chi connectivity index (χ4n) is 4.55. The highest BCUT2D eigenvalue weighted by Gasteiger charge is 2.32. The molecule has 0 unspecified atom stereocenters. The third-order valence-electron chi connectivity index (χ3n) is 6.44. The standard InChI is InChI=1S/C28H32N2O5/c1-18-6-9-21(10-7-18)29-28(31)30-13-12-20-16-26(34-4)27(35-5)17-22(20)23(30)14-19-8-11-24(32-2)25(15-19)33-3/h6-11,15-17,23H,12-14H2,1-5H3,(H,29,31)/t23-/m1/s1. The Bertz CT molecular complexity index is 1190. The van der Waals surface area contributed by atoms with Gasteiger partial charge in [0.15, 0.2) is 23.0 Å². The number of hydrogen-bond acceptors (Lipinski definition) is 5. The van der Waals surface area contributed by atoms with E-state index in [1.807, 2.05) is 66.4 Å². The van der Waals surface area contributed by atoms with Crippen molar-refractivity contribution >= 4 is 11.7 Å². The summed E-state index contributed by atoms with van der Waals surface area (Å²) in [6.45, 7) is 2.60. The molecule has 0 bridgehead atoms. The topological polar surface area (TPSA) is 69.3 Å². The Kier molecular flexibility index (Phi) is 7.34. The van der Waals surface area contributed by atoms with Crippen molar-refractivity contribution in [3.05, 3.63) is 76.9 Å². The third-order valence-corrected chi connectivity index (χ3v) is 6.44. The highest BCUT2D eigenvalue weighted by Crippen LogP contribution is 2.40. The summed E-state index contributed by atoms with van der Waals surface area (Å²) in [5, 5.41) is 3.06. The van der Waals surface area contributed by atoms with Crippen molar-refractivity contribution in [3.63, 3.8) is 0 Å². The number of ether oxygens (including phenoxy) is 4. The van der Waals surface area contributed by atoms with Crippen LogP contribution in [0.2, 0.25) is 0 Å². The van der Waals surface area contributed by atoms with E-state index >= 15 is 0 Å². The number of anilines is 1. The Morgan fingerprint density at radius 1 is 0.857 bits per heavy atom. The fraction of sp³-hybridized carbons (Fsp3) is 0.321. The number of hydrogen-bond donors (Lipinski definition) is 1. The van der Waals surface area contributed by atoms with E-state index in [-0.39, 0.29) is 12.1 Å². The minimum absolute atomic E-state index is 0.139. The average Bonchev–Trinajstić information content (AvgIpc) is 2.89. The average molecular weight is 477 g/mol. The number of nitrogens with zero attached hydrogens (tertiary/aromatic N) is 1. The molecular formula is C28H32N2O5. The van der Waals surface area contributed by atoms with Crippen LogP contribution in [0.25, 0.3) is 0 Å². The molecule has 184 valence electrons. The van der Waals surface area contributed by atoms with Gasteiger partial charge in [0.25, 0.3) is 0 Å². The first-order chi connectivity index (χ1) is 17.0. The molecule has 0 spiro atoms. The Hall–Kier alpha value is -3.87. The zero-order valence-corrected chi connectivity index (χ0v) is 20.9. The van der Waals surface area contributed by atoms with Crippen molar-refractivity contribution in [3.8, 4) is 23.0 Å². The van der Waals surface area contributed by atoms with Gasteiger partial charge in [-0.05, 0) is 72.9 Å². The van der Waals surface area contributed by atoms with Gasteiger partial charge in [-0.1, -0.05) is 23.8 Å². The molecule has 0 radical (unpaired) electrons. The van der Waals surface area contributed by atoms with Crippen LogP contribution >= 0.6 is 0 Å². The highest BCUT2D eigenvalue weighted by atomic mass is 16.5. The molecule has 1 aliphatic rings. The molecule has 3 aromatic carbocycles. The van der Waals surface area contributed by atoms with Crippen molar-refractivity contribution in [2.24, 2.45) is 0 Å². The Morgan fingerprint density at radius 2 is 1.49 bits per heavy atom. The summed E-state index contributed by atoms with van der Waals surface area (Å²) < 4.78 is 22.0. The van der Waals surface area contributed by atoms with Crippen LogP contribution in [0.5, 0.6) is 23.0 Å². The second-order valence-electron chi connectivity index (χ2n) is 8.55. The zero-order chi connectivity index (χ0) is 24.9. The minimum Gasteiger partial charge on any atom is -0.493 e. The van der Waals surface area contributed by atoms with Crippen LogP contribution in [0.3, 0.4) is 0 Å². The van der Waals surface area contributed by atoms with Crippen LogP contribution in [0, 0.1) is 6.92 Å². The number of nitrogens with one attached hydrogen (secondary N) is 1. The minimum atomic E-state index is -0.206. The van der Waals surface area contributed by atoms with Gasteiger partial charge in [0.2, 0.25) is 0 Å². The van der Waals surface area contributed by atoms with E-state index in [2.05, 4.69) is 5.32 Å². The summed E-state index contributed by atoms with van der Waals surface area (Å²) in [5.74, 6) is 2.66. The number of fused-ring (bicyclic) bond motifs is 1. The summed E-state index contributed by atoms with van der Waals surface area (Å²) in [6.07, 6.45) is 1.32. The van der Waals surface area contributed by atoms with Gasteiger partial charge in [-0.3, -0.25) is 0 Å². The monoisotopic (exact) mass is 476 g/mol. The number of methoxy groups -OCH3 is 4. The normalized spacial score (nSPS) is 14.7. The lowest BCUT2D eigenvalue weighted by Gasteiger charge is -2.38. The van der Waals surface area contributed by atoms with Gasteiger partial charge >= 0.3 is 6.03 Å². The first-order valence-corrected chi connectivity index (χ1v) is 11.6. The van der Waals surface area contributed by atoms with E-state index in [1.165, 1.54) is 0 Å². The van der Waals surface area contributed by atoms with Gasteiger partial charge in [0.05, 0.1) is 34.5 Å². The van der Waals surface area contributed by atoms with Crippen molar-refractivity contribution in [2.75, 3.05) is 40.3 Å². The molecule has 0 fully saturated rings. The number of amides is 2. The number of urea groups is 1. The van der Waals surface area contributed by atoms with Crippen molar-refractivity contribution in [1.82, 2.24) is 4.90 Å². The molecule has 0 saturated heterocycles. The first kappa shape index (κ1) is 24.3. The SMILES string of the molecule is COc1ccc(C[C@@H]2c3cc(OC)c(OC)cc3CCN2C(=O)Nc2ccc(C)cc2)cc1OC. The van der Waals surface area contributed by atoms with Crippen molar-refractivity contribution in [1.29, 1.82) is 0 Å². The van der Waals surface area contributed by atoms with E-state index in [0.29, 0.717) is 36.0 Å². The molecule has 1 N–H and O–H groups in total. The maximum Gasteiger partial charge on any atom is 0.322 e. The maximum atomic E-state index is 13.5. The highest BCUT2D eigenvalue weighted by molar-refractivity contribution is 5.90. The van der Waals surface area contributed by atoms with Gasteiger partial charge in [-0.25, -0.2) is 4.79 Å². The van der Waals surface area contributed by atoms with Crippen LogP contribution < -0.4 is 24.3 Å². The number of aryl methyl sites for hydroxylation is 1. The summed E-state index contributed by atoms with van der Waals surface area (Å²) in [4.78, 5) is 15.4. The van der Waals surface area contributed by atoms with Crippen LogP contribution in [0.4, 0.5) is 10.5 Å². The van der Waals surface area contributed by atoms with E-state index in [4.69, 9.17) is 18.9 Å². The summed E-state index contributed by atoms with van der Waals surface area (Å²) in [7, 11) is 6.50. The van der Waals surface area contributed by atoms with Gasteiger partial charge in [0.1, 0.15) is 0 Å². The molecular weight excluding hydrogens is 444 g/mol. The van der Waals surface area contributed by atoms with Crippen molar-refractivity contribution < 1.29 is 23.7 Å². The molecule has 4 rings (SSSR count). The number of carbonyl (C=O) groups excluding carboxylic acids is 1. The van der Waals surface area contributed by atoms with Crippen LogP contribution in [-0.2, 0) is 12.8 Å². The lowest BCUT2D eigenvalue weighted by molar-refractivity contribution is 0.181. The Balaban J connectivity index is 1.71. The van der Waals surface area contributed by atoms with Gasteiger partial charge < -0.3 is 29.2 Å². The predicted octanol–water partition coefficient (Wildman–Crippen LogP) is 5.40. The van der Waals surface area contributed by atoms with E-state index in [1.54, 1.807) is 28.4 Å². The van der Waals surface area contributed by atoms with Crippen LogP contribution in [0.15, 0.2) is 54.6 Å². The molecule has 3 aromatic rings. The summed E-state index contributed by atoms with van der Waals surface area (Å²) in [5.41, 5.74) is 5.13. The molecule has 7 nitrogen and oxygen atoms in total. The molecule has 1 heterocycles. The Morgan fingerprint density at radius 3 is 2.14 bits per heavy atom. The fourth-order valence-corrected chi connectivity index (χ4v) is 4.55. The summed E-state index contributed by atoms with van der Waals surface area (Å²) in [6, 6.07) is 17.3. The molecule has 7 heteroatoms. The second kappa shape index (κ2) is 10.6. The molecule has 1 aliphatic heterocycles. The molecule has 0 aromatic heterocycles. The van der Waals surface area contributed by atoms with Gasteiger partial charge in [-0.2, -0.15) is 0 Å². The lowest BCUT2D eigenvalue weighted by atomic mass is 9.88. The second-order valence-corrected chi connectivity index (χ2v) is 8.55. The number of rotatable bonds is 7. The number of carbonyl (C=O) groups is 1. The maximum absolute atomic E-state index is 13.5. The van der Waals surface area contributed by atoms with Gasteiger partial charge in [0, 0.05) is 12.2 Å². The predicted molar refractivity (Wildman–Crippen MR) is 136 cm³/mol. The first-order valence-electron chi connectivity index (χ1n) is 11.6. The van der Waals surface area contributed by atoms with E-state index < -0.39 is 0 Å². The number of benzene rings is 3.